The molecule has 1 aromatic rings. The third-order valence-electron chi connectivity index (χ3n) is 1.78. The summed E-state index contributed by atoms with van der Waals surface area (Å²) >= 11 is 1.18. The molecular formula is C11H12N2OS. The Labute approximate surface area is 93.7 Å². The van der Waals surface area contributed by atoms with Crippen LogP contribution in [-0.4, -0.2) is 24.2 Å². The maximum absolute atomic E-state index is 11.4. The molecule has 0 heterocycles. The Morgan fingerprint density at radius 1 is 1.40 bits per heavy atom. The summed E-state index contributed by atoms with van der Waals surface area (Å²) < 4.78 is 0. The molecule has 0 atom stereocenters. The lowest BCUT2D eigenvalue weighted by molar-refractivity contribution is 0.241. The van der Waals surface area contributed by atoms with Crippen molar-refractivity contribution in [2.24, 2.45) is 0 Å². The fraction of sp³-hybridized carbons (Fsp3) is 0.273. The summed E-state index contributed by atoms with van der Waals surface area (Å²) in [6, 6.07) is 9.54. The topological polar surface area (TPSA) is 44.1 Å². The van der Waals surface area contributed by atoms with Crippen molar-refractivity contribution in [3.8, 4) is 6.07 Å². The molecule has 0 aromatic heterocycles. The first-order valence-corrected chi connectivity index (χ1v) is 5.30. The standard InChI is InChI=1S/C11H12N2OS/c1-13(2)11(14)15-10-5-3-9(4-6-10)7-8-12/h3-6H,7H2,1-2H3. The fourth-order valence-corrected chi connectivity index (χ4v) is 1.62. The van der Waals surface area contributed by atoms with E-state index in [1.165, 1.54) is 16.7 Å². The second kappa shape index (κ2) is 5.42. The third kappa shape index (κ3) is 3.64. The van der Waals surface area contributed by atoms with E-state index in [0.717, 1.165) is 10.5 Å². The van der Waals surface area contributed by atoms with E-state index in [9.17, 15) is 4.79 Å². The second-order valence-electron chi connectivity index (χ2n) is 3.24. The van der Waals surface area contributed by atoms with E-state index in [1.54, 1.807) is 14.1 Å². The lowest BCUT2D eigenvalue weighted by atomic mass is 10.2. The van der Waals surface area contributed by atoms with Crippen molar-refractivity contribution in [3.05, 3.63) is 29.8 Å². The number of benzene rings is 1. The molecular weight excluding hydrogens is 208 g/mol. The highest BCUT2D eigenvalue weighted by molar-refractivity contribution is 8.13. The van der Waals surface area contributed by atoms with Crippen molar-refractivity contribution in [1.29, 1.82) is 5.26 Å². The molecule has 0 radical (unpaired) electrons. The average molecular weight is 220 g/mol. The number of nitrogens with zero attached hydrogens (tertiary/aromatic N) is 2. The van der Waals surface area contributed by atoms with Gasteiger partial charge in [0.05, 0.1) is 12.5 Å². The zero-order valence-electron chi connectivity index (χ0n) is 8.73. The first-order valence-electron chi connectivity index (χ1n) is 4.48. The minimum atomic E-state index is 0.00281. The van der Waals surface area contributed by atoms with Gasteiger partial charge in [0.1, 0.15) is 0 Å². The van der Waals surface area contributed by atoms with Crippen LogP contribution in [0.1, 0.15) is 5.56 Å². The van der Waals surface area contributed by atoms with E-state index >= 15 is 0 Å². The molecule has 0 saturated carbocycles. The Balaban J connectivity index is 2.65. The first kappa shape index (κ1) is 11.6. The van der Waals surface area contributed by atoms with Gasteiger partial charge < -0.3 is 4.90 Å². The number of thioether (sulfide) groups is 1. The van der Waals surface area contributed by atoms with Crippen LogP contribution < -0.4 is 0 Å². The third-order valence-corrected chi connectivity index (χ3v) is 2.82. The van der Waals surface area contributed by atoms with Crippen LogP contribution in [0.2, 0.25) is 0 Å². The van der Waals surface area contributed by atoms with E-state index in [-0.39, 0.29) is 5.24 Å². The Hall–Kier alpha value is -1.47. The summed E-state index contributed by atoms with van der Waals surface area (Å²) in [5.74, 6) is 0. The minimum absolute atomic E-state index is 0.00281. The highest BCUT2D eigenvalue weighted by atomic mass is 32.2. The van der Waals surface area contributed by atoms with Gasteiger partial charge in [-0.25, -0.2) is 0 Å². The van der Waals surface area contributed by atoms with Gasteiger partial charge in [0, 0.05) is 19.0 Å². The van der Waals surface area contributed by atoms with E-state index in [0.29, 0.717) is 6.42 Å². The van der Waals surface area contributed by atoms with Crippen molar-refractivity contribution >= 4 is 17.0 Å². The quantitative estimate of drug-likeness (QED) is 0.719. The largest absolute Gasteiger partial charge is 0.339 e. The van der Waals surface area contributed by atoms with Crippen molar-refractivity contribution in [3.63, 3.8) is 0 Å². The zero-order chi connectivity index (χ0) is 11.3. The minimum Gasteiger partial charge on any atom is -0.339 e. The van der Waals surface area contributed by atoms with Gasteiger partial charge in [-0.15, -0.1) is 0 Å². The number of hydrogen-bond acceptors (Lipinski definition) is 3. The van der Waals surface area contributed by atoms with Crippen LogP contribution in [0.4, 0.5) is 4.79 Å². The Bertz CT molecular complexity index is 379. The van der Waals surface area contributed by atoms with E-state index in [4.69, 9.17) is 5.26 Å². The summed E-state index contributed by atoms with van der Waals surface area (Å²) in [6.45, 7) is 0. The Morgan fingerprint density at radius 2 is 2.00 bits per heavy atom. The highest BCUT2D eigenvalue weighted by Crippen LogP contribution is 2.20. The van der Waals surface area contributed by atoms with Crippen molar-refractivity contribution < 1.29 is 4.79 Å². The zero-order valence-corrected chi connectivity index (χ0v) is 9.54. The fourth-order valence-electron chi connectivity index (χ4n) is 0.959. The molecule has 0 unspecified atom stereocenters. The highest BCUT2D eigenvalue weighted by Gasteiger charge is 2.05. The average Bonchev–Trinajstić information content (AvgIpc) is 2.21. The van der Waals surface area contributed by atoms with Gasteiger partial charge >= 0.3 is 0 Å². The molecule has 0 aliphatic heterocycles. The molecule has 1 rings (SSSR count). The molecule has 15 heavy (non-hydrogen) atoms. The molecule has 1 aromatic carbocycles. The lowest BCUT2D eigenvalue weighted by Gasteiger charge is -2.08. The summed E-state index contributed by atoms with van der Waals surface area (Å²) in [5.41, 5.74) is 0.971. The number of nitriles is 1. The van der Waals surface area contributed by atoms with Crippen LogP contribution in [0, 0.1) is 11.3 Å². The van der Waals surface area contributed by atoms with Crippen molar-refractivity contribution in [2.75, 3.05) is 14.1 Å². The maximum Gasteiger partial charge on any atom is 0.285 e. The molecule has 0 aliphatic carbocycles. The Kier molecular flexibility index (Phi) is 4.19. The van der Waals surface area contributed by atoms with Crippen LogP contribution in [0.25, 0.3) is 0 Å². The van der Waals surface area contributed by atoms with E-state index in [1.807, 2.05) is 24.3 Å². The molecule has 3 nitrogen and oxygen atoms in total. The van der Waals surface area contributed by atoms with Gasteiger partial charge in [-0.3, -0.25) is 4.79 Å². The number of rotatable bonds is 2. The smallest absolute Gasteiger partial charge is 0.285 e. The summed E-state index contributed by atoms with van der Waals surface area (Å²) in [5, 5.41) is 8.49. The van der Waals surface area contributed by atoms with E-state index in [2.05, 4.69) is 6.07 Å². The predicted molar refractivity (Wildman–Crippen MR) is 60.7 cm³/mol. The van der Waals surface area contributed by atoms with Crippen LogP contribution in [-0.2, 0) is 6.42 Å². The summed E-state index contributed by atoms with van der Waals surface area (Å²) in [6.07, 6.45) is 0.409. The monoisotopic (exact) mass is 220 g/mol. The van der Waals surface area contributed by atoms with Crippen LogP contribution in [0.3, 0.4) is 0 Å². The number of amides is 1. The van der Waals surface area contributed by atoms with Gasteiger partial charge in [-0.2, -0.15) is 5.26 Å². The lowest BCUT2D eigenvalue weighted by Crippen LogP contribution is -2.15. The molecule has 0 bridgehead atoms. The predicted octanol–water partition coefficient (Wildman–Crippen LogP) is 2.53. The molecule has 0 saturated heterocycles. The summed E-state index contributed by atoms with van der Waals surface area (Å²) in [7, 11) is 3.44. The Morgan fingerprint density at radius 3 is 2.47 bits per heavy atom. The normalized spacial score (nSPS) is 9.40. The number of carbonyl (C=O) groups is 1. The van der Waals surface area contributed by atoms with Crippen LogP contribution >= 0.6 is 11.8 Å². The molecule has 4 heteroatoms. The maximum atomic E-state index is 11.4. The molecule has 0 spiro atoms. The van der Waals surface area contributed by atoms with Crippen molar-refractivity contribution in [2.45, 2.75) is 11.3 Å². The van der Waals surface area contributed by atoms with Gasteiger partial charge in [-0.1, -0.05) is 12.1 Å². The van der Waals surface area contributed by atoms with Crippen LogP contribution in [0.15, 0.2) is 29.2 Å². The molecule has 0 N–H and O–H groups in total. The van der Waals surface area contributed by atoms with E-state index < -0.39 is 0 Å². The first-order chi connectivity index (χ1) is 7.13. The van der Waals surface area contributed by atoms with Crippen molar-refractivity contribution in [1.82, 2.24) is 4.90 Å². The van der Waals surface area contributed by atoms with Gasteiger partial charge in [-0.05, 0) is 29.5 Å². The van der Waals surface area contributed by atoms with Gasteiger partial charge in [0.25, 0.3) is 5.24 Å². The molecule has 78 valence electrons. The summed E-state index contributed by atoms with van der Waals surface area (Å²) in [4.78, 5) is 13.8. The molecule has 0 fully saturated rings. The number of carbonyl (C=O) groups excluding carboxylic acids is 1. The SMILES string of the molecule is CN(C)C(=O)Sc1ccc(CC#N)cc1. The molecule has 0 aliphatic rings. The number of hydrogen-bond donors (Lipinski definition) is 0. The van der Waals surface area contributed by atoms with Gasteiger partial charge in [0.15, 0.2) is 0 Å². The molecule has 1 amide bonds. The van der Waals surface area contributed by atoms with Crippen LogP contribution in [0.5, 0.6) is 0 Å². The van der Waals surface area contributed by atoms with Gasteiger partial charge in [0.2, 0.25) is 0 Å². The second-order valence-corrected chi connectivity index (χ2v) is 4.27.